The smallest absolute Gasteiger partial charge is 0.178 e. The maximum absolute atomic E-state index is 13.4. The van der Waals surface area contributed by atoms with Crippen LogP contribution in [0.3, 0.4) is 0 Å². The lowest BCUT2D eigenvalue weighted by molar-refractivity contribution is -0.129. The molecule has 2 heteroatoms. The fraction of sp³-hybridized carbons (Fsp3) is 0.462. The molecule has 4 aliphatic rings. The molecule has 0 heterocycles. The number of carbonyl (C=O) groups excluding carboxylic acids is 2. The van der Waals surface area contributed by atoms with Crippen LogP contribution in [0.25, 0.3) is 6.08 Å². The molecule has 5 rings (SSSR count). The van der Waals surface area contributed by atoms with Crippen molar-refractivity contribution in [2.24, 2.45) is 28.6 Å². The molecule has 4 aliphatic carbocycles. The highest BCUT2D eigenvalue weighted by atomic mass is 16.1. The van der Waals surface area contributed by atoms with E-state index in [9.17, 15) is 9.59 Å². The largest absolute Gasteiger partial charge is 0.294 e. The topological polar surface area (TPSA) is 34.1 Å². The highest BCUT2D eigenvalue weighted by Gasteiger charge is 2.59. The summed E-state index contributed by atoms with van der Waals surface area (Å²) in [5.74, 6) is 2.04. The Balaban J connectivity index is 1.49. The number of benzene rings is 1. The predicted molar refractivity (Wildman–Crippen MR) is 111 cm³/mol. The normalized spacial score (nSPS) is 40.7. The van der Waals surface area contributed by atoms with E-state index in [0.29, 0.717) is 23.5 Å². The summed E-state index contributed by atoms with van der Waals surface area (Å²) < 4.78 is 0. The van der Waals surface area contributed by atoms with Gasteiger partial charge in [0.25, 0.3) is 0 Å². The number of fused-ring (bicyclic) bond motifs is 5. The first-order valence-electron chi connectivity index (χ1n) is 10.7. The van der Waals surface area contributed by atoms with Gasteiger partial charge in [0.05, 0.1) is 0 Å². The number of rotatable bonds is 1. The summed E-state index contributed by atoms with van der Waals surface area (Å²) in [6.45, 7) is 4.54. The summed E-state index contributed by atoms with van der Waals surface area (Å²) in [5, 5.41) is 0. The van der Waals surface area contributed by atoms with Crippen LogP contribution < -0.4 is 0 Å². The van der Waals surface area contributed by atoms with Crippen molar-refractivity contribution in [3.8, 4) is 0 Å². The molecule has 3 saturated carbocycles. The first-order chi connectivity index (χ1) is 13.4. The molecule has 0 bridgehead atoms. The third-order valence-electron chi connectivity index (χ3n) is 8.34. The van der Waals surface area contributed by atoms with Gasteiger partial charge in [-0.3, -0.25) is 9.59 Å². The predicted octanol–water partition coefficient (Wildman–Crippen LogP) is 5.56. The summed E-state index contributed by atoms with van der Waals surface area (Å²) in [6, 6.07) is 10.2. The van der Waals surface area contributed by atoms with Crippen molar-refractivity contribution >= 4 is 17.6 Å². The van der Waals surface area contributed by atoms with Crippen molar-refractivity contribution in [2.45, 2.75) is 46.0 Å². The Bertz CT molecular complexity index is 934. The number of Topliss-reactive ketones (excluding diaryl/α,β-unsaturated/α-hetero) is 1. The summed E-state index contributed by atoms with van der Waals surface area (Å²) in [4.78, 5) is 25.3. The van der Waals surface area contributed by atoms with Crippen molar-refractivity contribution in [2.75, 3.05) is 0 Å². The van der Waals surface area contributed by atoms with Gasteiger partial charge in [-0.05, 0) is 79.2 Å². The molecule has 144 valence electrons. The molecule has 28 heavy (non-hydrogen) atoms. The summed E-state index contributed by atoms with van der Waals surface area (Å²) in [6.07, 6.45) is 13.0. The second-order valence-corrected chi connectivity index (χ2v) is 9.67. The Kier molecular flexibility index (Phi) is 3.91. The van der Waals surface area contributed by atoms with Crippen molar-refractivity contribution in [1.82, 2.24) is 0 Å². The highest BCUT2D eigenvalue weighted by Crippen LogP contribution is 2.64. The van der Waals surface area contributed by atoms with E-state index >= 15 is 0 Å². The van der Waals surface area contributed by atoms with Crippen LogP contribution in [0, 0.1) is 28.6 Å². The van der Waals surface area contributed by atoms with Gasteiger partial charge < -0.3 is 0 Å². The number of hydrogen-bond acceptors (Lipinski definition) is 2. The number of carbonyl (C=O) groups is 2. The van der Waals surface area contributed by atoms with Crippen LogP contribution in [-0.2, 0) is 9.59 Å². The van der Waals surface area contributed by atoms with Crippen molar-refractivity contribution in [1.29, 1.82) is 0 Å². The van der Waals surface area contributed by atoms with Gasteiger partial charge in [-0.2, -0.15) is 0 Å². The van der Waals surface area contributed by atoms with E-state index in [1.165, 1.54) is 5.57 Å². The van der Waals surface area contributed by atoms with Crippen LogP contribution in [0.2, 0.25) is 0 Å². The molecule has 1 aromatic rings. The zero-order valence-electron chi connectivity index (χ0n) is 16.8. The van der Waals surface area contributed by atoms with Gasteiger partial charge in [-0.15, -0.1) is 0 Å². The van der Waals surface area contributed by atoms with Crippen LogP contribution in [0.4, 0.5) is 0 Å². The molecule has 0 N–H and O–H groups in total. The SMILES string of the molecule is C[C@]12C=CC(=O)C=C1CC[C@@H]1[C@@H]2CC[C@]2(C)C(=O)/C(=C\c3ccccc3)C[C@@H]12. The molecular weight excluding hydrogens is 344 g/mol. The van der Waals surface area contributed by atoms with Gasteiger partial charge in [0.2, 0.25) is 0 Å². The summed E-state index contributed by atoms with van der Waals surface area (Å²) in [7, 11) is 0. The number of ketones is 2. The van der Waals surface area contributed by atoms with Crippen LogP contribution >= 0.6 is 0 Å². The molecule has 0 saturated heterocycles. The van der Waals surface area contributed by atoms with Gasteiger partial charge in [0.1, 0.15) is 0 Å². The summed E-state index contributed by atoms with van der Waals surface area (Å²) in [5.41, 5.74) is 3.23. The molecule has 5 atom stereocenters. The van der Waals surface area contributed by atoms with E-state index in [1.807, 2.05) is 24.3 Å². The molecule has 0 radical (unpaired) electrons. The molecule has 0 aliphatic heterocycles. The molecule has 0 unspecified atom stereocenters. The lowest BCUT2D eigenvalue weighted by Crippen LogP contribution is -2.49. The first-order valence-corrected chi connectivity index (χ1v) is 10.7. The van der Waals surface area contributed by atoms with Crippen molar-refractivity contribution in [3.63, 3.8) is 0 Å². The lowest BCUT2D eigenvalue weighted by atomic mass is 9.48. The van der Waals surface area contributed by atoms with Gasteiger partial charge in [0, 0.05) is 10.8 Å². The second kappa shape index (κ2) is 6.14. The first kappa shape index (κ1) is 17.8. The molecule has 0 aromatic heterocycles. The maximum Gasteiger partial charge on any atom is 0.178 e. The molecule has 1 aromatic carbocycles. The fourth-order valence-corrected chi connectivity index (χ4v) is 6.75. The summed E-state index contributed by atoms with van der Waals surface area (Å²) >= 11 is 0. The quantitative estimate of drug-likeness (QED) is 0.605. The van der Waals surface area contributed by atoms with Crippen molar-refractivity contribution in [3.05, 3.63) is 65.3 Å². The van der Waals surface area contributed by atoms with Crippen LogP contribution in [0.5, 0.6) is 0 Å². The van der Waals surface area contributed by atoms with E-state index in [0.717, 1.165) is 43.2 Å². The lowest BCUT2D eigenvalue weighted by Gasteiger charge is -2.55. The molecule has 2 nitrogen and oxygen atoms in total. The van der Waals surface area contributed by atoms with E-state index in [-0.39, 0.29) is 16.6 Å². The maximum atomic E-state index is 13.4. The number of allylic oxidation sites excluding steroid dienone is 5. The number of hydrogen-bond donors (Lipinski definition) is 0. The standard InChI is InChI=1S/C26H28O2/c1-25-12-10-20(27)16-19(25)8-9-21-22(25)11-13-26(2)23(21)15-18(24(26)28)14-17-6-4-3-5-7-17/h3-7,10,12,14,16,21-23H,8-9,11,13,15H2,1-2H3/b18-14-/t21-,22+,23+,25+,26+/m1/s1. The Morgan fingerprint density at radius 1 is 1.04 bits per heavy atom. The van der Waals surface area contributed by atoms with Crippen molar-refractivity contribution < 1.29 is 9.59 Å². The minimum atomic E-state index is -0.215. The Morgan fingerprint density at radius 2 is 1.82 bits per heavy atom. The van der Waals surface area contributed by atoms with E-state index in [4.69, 9.17) is 0 Å². The Labute approximate surface area is 167 Å². The minimum Gasteiger partial charge on any atom is -0.294 e. The zero-order valence-corrected chi connectivity index (χ0v) is 16.8. The molecular formula is C26H28O2. The molecule has 0 amide bonds. The van der Waals surface area contributed by atoms with E-state index in [1.54, 1.807) is 6.08 Å². The second-order valence-electron chi connectivity index (χ2n) is 9.67. The third kappa shape index (κ3) is 2.46. The van der Waals surface area contributed by atoms with E-state index < -0.39 is 0 Å². The average molecular weight is 373 g/mol. The van der Waals surface area contributed by atoms with Gasteiger partial charge in [0.15, 0.2) is 11.6 Å². The van der Waals surface area contributed by atoms with Crippen LogP contribution in [0.1, 0.15) is 51.5 Å². The Hall–Kier alpha value is -2.22. The van der Waals surface area contributed by atoms with Crippen LogP contribution in [0.15, 0.2) is 59.7 Å². The highest BCUT2D eigenvalue weighted by molar-refractivity contribution is 6.06. The Morgan fingerprint density at radius 3 is 2.61 bits per heavy atom. The zero-order chi connectivity index (χ0) is 19.5. The van der Waals surface area contributed by atoms with Gasteiger partial charge >= 0.3 is 0 Å². The molecule has 3 fully saturated rings. The van der Waals surface area contributed by atoms with Gasteiger partial charge in [-0.1, -0.05) is 55.8 Å². The van der Waals surface area contributed by atoms with Gasteiger partial charge in [-0.25, -0.2) is 0 Å². The van der Waals surface area contributed by atoms with Crippen LogP contribution in [-0.4, -0.2) is 11.6 Å². The third-order valence-corrected chi connectivity index (χ3v) is 8.34. The monoisotopic (exact) mass is 372 g/mol. The average Bonchev–Trinajstić information content (AvgIpc) is 2.94. The van der Waals surface area contributed by atoms with E-state index in [2.05, 4.69) is 38.1 Å². The minimum absolute atomic E-state index is 0.00684. The fourth-order valence-electron chi connectivity index (χ4n) is 6.75. The molecule has 0 spiro atoms.